The fourth-order valence-electron chi connectivity index (χ4n) is 2.06. The molecule has 1 aromatic rings. The van der Waals surface area contributed by atoms with Crippen molar-refractivity contribution < 1.29 is 4.79 Å². The van der Waals surface area contributed by atoms with Crippen LogP contribution in [0.2, 0.25) is 0 Å². The second-order valence-electron chi connectivity index (χ2n) is 4.87. The molecule has 1 heterocycles. The van der Waals surface area contributed by atoms with Crippen molar-refractivity contribution in [3.05, 3.63) is 18.1 Å². The number of hydrogen-bond acceptors (Lipinski definition) is 5. The van der Waals surface area contributed by atoms with E-state index in [-0.39, 0.29) is 17.4 Å². The molecule has 0 saturated heterocycles. The molecule has 1 aliphatic carbocycles. The van der Waals surface area contributed by atoms with Crippen molar-refractivity contribution in [2.75, 3.05) is 26.4 Å². The van der Waals surface area contributed by atoms with Crippen molar-refractivity contribution >= 4 is 11.7 Å². The molecule has 1 amide bonds. The van der Waals surface area contributed by atoms with Crippen LogP contribution in [0.5, 0.6) is 0 Å². The van der Waals surface area contributed by atoms with Gasteiger partial charge in [-0.2, -0.15) is 0 Å². The van der Waals surface area contributed by atoms with Crippen molar-refractivity contribution in [3.63, 3.8) is 0 Å². The zero-order valence-corrected chi connectivity index (χ0v) is 10.8. The van der Waals surface area contributed by atoms with Crippen LogP contribution in [0.4, 0.5) is 5.82 Å². The summed E-state index contributed by atoms with van der Waals surface area (Å²) in [4.78, 5) is 21.9. The predicted molar refractivity (Wildman–Crippen MR) is 69.0 cm³/mol. The maximum atomic E-state index is 11.9. The predicted octanol–water partition coefficient (Wildman–Crippen LogP) is 0.129. The third-order valence-electron chi connectivity index (χ3n) is 3.24. The first-order valence-corrected chi connectivity index (χ1v) is 6.10. The lowest BCUT2D eigenvalue weighted by Crippen LogP contribution is -2.42. The fourth-order valence-corrected chi connectivity index (χ4v) is 2.06. The molecule has 98 valence electrons. The van der Waals surface area contributed by atoms with Gasteiger partial charge in [-0.05, 0) is 32.9 Å². The van der Waals surface area contributed by atoms with Crippen LogP contribution in [-0.4, -0.2) is 47.5 Å². The Labute approximate surface area is 107 Å². The van der Waals surface area contributed by atoms with E-state index in [1.54, 1.807) is 0 Å². The number of amides is 1. The van der Waals surface area contributed by atoms with Crippen molar-refractivity contribution in [2.24, 2.45) is 5.92 Å². The maximum Gasteiger partial charge on any atom is 0.273 e. The molecule has 2 rings (SSSR count). The Bertz CT molecular complexity index is 428. The number of nitrogens with one attached hydrogen (secondary N) is 1. The molecule has 1 aromatic heterocycles. The first kappa shape index (κ1) is 12.8. The lowest BCUT2D eigenvalue weighted by atomic mass is 10.1. The van der Waals surface area contributed by atoms with E-state index in [1.807, 2.05) is 14.1 Å². The number of anilines is 1. The normalized spacial score (nSPS) is 16.6. The molecule has 1 aliphatic rings. The maximum absolute atomic E-state index is 11.9. The minimum Gasteiger partial charge on any atom is -0.382 e. The summed E-state index contributed by atoms with van der Waals surface area (Å²) in [7, 11) is 4.07. The zero-order chi connectivity index (χ0) is 13.1. The first-order valence-electron chi connectivity index (χ1n) is 6.10. The number of nitrogens with zero attached hydrogens (tertiary/aromatic N) is 3. The van der Waals surface area contributed by atoms with Crippen LogP contribution in [0.25, 0.3) is 0 Å². The second kappa shape index (κ2) is 5.30. The Morgan fingerprint density at radius 3 is 2.72 bits per heavy atom. The topological polar surface area (TPSA) is 84.1 Å². The van der Waals surface area contributed by atoms with E-state index in [2.05, 4.69) is 20.2 Å². The molecular weight excluding hydrogens is 230 g/mol. The molecule has 6 nitrogen and oxygen atoms in total. The van der Waals surface area contributed by atoms with Gasteiger partial charge in [0.25, 0.3) is 5.91 Å². The standard InChI is InChI=1S/C12H19N5O/c1-17(2)9(8-3-4-8)7-16-12(18)10-11(13)15-6-5-14-10/h5-6,8-9H,3-4,7H2,1-2H3,(H2,13,15)(H,16,18)/t9-/m1/s1. The smallest absolute Gasteiger partial charge is 0.273 e. The van der Waals surface area contributed by atoms with Gasteiger partial charge < -0.3 is 16.0 Å². The van der Waals surface area contributed by atoms with Gasteiger partial charge in [0.2, 0.25) is 0 Å². The second-order valence-corrected chi connectivity index (χ2v) is 4.87. The van der Waals surface area contributed by atoms with E-state index in [0.717, 1.165) is 0 Å². The summed E-state index contributed by atoms with van der Waals surface area (Å²) >= 11 is 0. The Morgan fingerprint density at radius 1 is 1.50 bits per heavy atom. The van der Waals surface area contributed by atoms with Crippen LogP contribution < -0.4 is 11.1 Å². The zero-order valence-electron chi connectivity index (χ0n) is 10.8. The summed E-state index contributed by atoms with van der Waals surface area (Å²) in [6.07, 6.45) is 5.42. The summed E-state index contributed by atoms with van der Waals surface area (Å²) in [5.41, 5.74) is 5.81. The fraction of sp³-hybridized carbons (Fsp3) is 0.583. The van der Waals surface area contributed by atoms with Crippen molar-refractivity contribution in [2.45, 2.75) is 18.9 Å². The monoisotopic (exact) mass is 249 g/mol. The Balaban J connectivity index is 1.93. The average Bonchev–Trinajstić information content (AvgIpc) is 3.13. The van der Waals surface area contributed by atoms with E-state index >= 15 is 0 Å². The van der Waals surface area contributed by atoms with Gasteiger partial charge in [-0.3, -0.25) is 4.79 Å². The molecule has 18 heavy (non-hydrogen) atoms. The van der Waals surface area contributed by atoms with Crippen LogP contribution >= 0.6 is 0 Å². The molecular formula is C12H19N5O. The lowest BCUT2D eigenvalue weighted by molar-refractivity contribution is 0.0934. The third-order valence-corrected chi connectivity index (χ3v) is 3.24. The van der Waals surface area contributed by atoms with E-state index < -0.39 is 0 Å². The van der Waals surface area contributed by atoms with Gasteiger partial charge in [0.05, 0.1) is 0 Å². The highest BCUT2D eigenvalue weighted by atomic mass is 16.1. The number of likely N-dealkylation sites (N-methyl/N-ethyl adjacent to an activating group) is 1. The summed E-state index contributed by atoms with van der Waals surface area (Å²) in [5.74, 6) is 0.607. The molecule has 6 heteroatoms. The number of hydrogen-bond donors (Lipinski definition) is 2. The number of nitrogens with two attached hydrogens (primary N) is 1. The minimum atomic E-state index is -0.256. The molecule has 1 saturated carbocycles. The number of carbonyl (C=O) groups is 1. The Hall–Kier alpha value is -1.69. The molecule has 0 bridgehead atoms. The molecule has 1 fully saturated rings. The SMILES string of the molecule is CN(C)[C@H](CNC(=O)c1nccnc1N)C1CC1. The van der Waals surface area contributed by atoms with Crippen LogP contribution in [0.3, 0.4) is 0 Å². The summed E-state index contributed by atoms with van der Waals surface area (Å²) in [6, 6.07) is 0.381. The molecule has 0 aromatic carbocycles. The number of aromatic nitrogens is 2. The molecule has 0 aliphatic heterocycles. The molecule has 0 radical (unpaired) electrons. The summed E-state index contributed by atoms with van der Waals surface area (Å²) in [6.45, 7) is 0.618. The van der Waals surface area contributed by atoms with Crippen LogP contribution in [0.15, 0.2) is 12.4 Å². The summed E-state index contributed by atoms with van der Waals surface area (Å²) < 4.78 is 0. The average molecular weight is 249 g/mol. The summed E-state index contributed by atoms with van der Waals surface area (Å²) in [5, 5.41) is 2.88. The Kier molecular flexibility index (Phi) is 3.76. The van der Waals surface area contributed by atoms with Gasteiger partial charge in [0.1, 0.15) is 0 Å². The van der Waals surface area contributed by atoms with Gasteiger partial charge in [-0.15, -0.1) is 0 Å². The van der Waals surface area contributed by atoms with E-state index in [0.29, 0.717) is 18.5 Å². The number of rotatable bonds is 5. The first-order chi connectivity index (χ1) is 8.59. The molecule has 1 atom stereocenters. The molecule has 0 unspecified atom stereocenters. The van der Waals surface area contributed by atoms with Gasteiger partial charge in [-0.1, -0.05) is 0 Å². The Morgan fingerprint density at radius 2 is 2.17 bits per heavy atom. The van der Waals surface area contributed by atoms with Crippen molar-refractivity contribution in [3.8, 4) is 0 Å². The van der Waals surface area contributed by atoms with Crippen molar-refractivity contribution in [1.82, 2.24) is 20.2 Å². The highest BCUT2D eigenvalue weighted by molar-refractivity contribution is 5.96. The third kappa shape index (κ3) is 2.95. The van der Waals surface area contributed by atoms with Crippen LogP contribution in [0.1, 0.15) is 23.3 Å². The van der Waals surface area contributed by atoms with Gasteiger partial charge in [-0.25, -0.2) is 9.97 Å². The van der Waals surface area contributed by atoms with E-state index in [1.165, 1.54) is 25.2 Å². The van der Waals surface area contributed by atoms with E-state index in [4.69, 9.17) is 5.73 Å². The highest BCUT2D eigenvalue weighted by Crippen LogP contribution is 2.34. The van der Waals surface area contributed by atoms with Crippen molar-refractivity contribution in [1.29, 1.82) is 0 Å². The van der Waals surface area contributed by atoms with Gasteiger partial charge >= 0.3 is 0 Å². The highest BCUT2D eigenvalue weighted by Gasteiger charge is 2.32. The van der Waals surface area contributed by atoms with Gasteiger partial charge in [0.15, 0.2) is 11.5 Å². The quantitative estimate of drug-likeness (QED) is 0.775. The van der Waals surface area contributed by atoms with E-state index in [9.17, 15) is 4.79 Å². The lowest BCUT2D eigenvalue weighted by Gasteiger charge is -2.24. The van der Waals surface area contributed by atoms with Crippen LogP contribution in [-0.2, 0) is 0 Å². The number of nitrogen functional groups attached to an aromatic ring is 1. The minimum absolute atomic E-state index is 0.169. The molecule has 3 N–H and O–H groups in total. The molecule has 0 spiro atoms. The largest absolute Gasteiger partial charge is 0.382 e. The van der Waals surface area contributed by atoms with Crippen LogP contribution in [0, 0.1) is 5.92 Å². The van der Waals surface area contributed by atoms with Gasteiger partial charge in [0, 0.05) is 25.0 Å². The number of carbonyl (C=O) groups excluding carboxylic acids is 1.